The fraction of sp³-hybridized carbons (Fsp3) is 0.222. The predicted molar refractivity (Wildman–Crippen MR) is 80.5 cm³/mol. The molecule has 0 saturated heterocycles. The molecule has 0 atom stereocenters. The maximum Gasteiger partial charge on any atom is 0.118 e. The highest BCUT2D eigenvalue weighted by molar-refractivity contribution is 5.84. The summed E-state index contributed by atoms with van der Waals surface area (Å²) in [5.41, 5.74) is 8.73. The highest BCUT2D eigenvalue weighted by Crippen LogP contribution is 2.41. The van der Waals surface area contributed by atoms with Crippen LogP contribution in [-0.4, -0.2) is 5.11 Å². The summed E-state index contributed by atoms with van der Waals surface area (Å²) in [7, 11) is 0. The molecule has 0 aromatic heterocycles. The molecule has 1 aliphatic carbocycles. The maximum absolute atomic E-state index is 9.88. The van der Waals surface area contributed by atoms with Crippen LogP contribution in [0.4, 0.5) is 0 Å². The molecule has 1 N–H and O–H groups in total. The van der Waals surface area contributed by atoms with E-state index in [-0.39, 0.29) is 0 Å². The number of aromatic hydroxyl groups is 1. The van der Waals surface area contributed by atoms with Gasteiger partial charge in [0.2, 0.25) is 0 Å². The summed E-state index contributed by atoms with van der Waals surface area (Å²) < 4.78 is 0. The van der Waals surface area contributed by atoms with Gasteiger partial charge in [-0.25, -0.2) is 0 Å². The minimum absolute atomic E-state index is 0.398. The van der Waals surface area contributed by atoms with Gasteiger partial charge in [-0.05, 0) is 71.7 Å². The smallest absolute Gasteiger partial charge is 0.118 e. The second kappa shape index (κ2) is 4.27. The van der Waals surface area contributed by atoms with E-state index < -0.39 is 0 Å². The van der Waals surface area contributed by atoms with Crippen LogP contribution in [0.1, 0.15) is 27.8 Å². The van der Waals surface area contributed by atoms with Gasteiger partial charge >= 0.3 is 0 Å². The average molecular weight is 250 g/mol. The van der Waals surface area contributed by atoms with E-state index in [4.69, 9.17) is 0 Å². The molecular formula is C18H18O. The van der Waals surface area contributed by atoms with Gasteiger partial charge in [0, 0.05) is 0 Å². The molecule has 0 fully saturated rings. The monoisotopic (exact) mass is 250 g/mol. The Morgan fingerprint density at radius 3 is 2.63 bits per heavy atom. The molecule has 0 bridgehead atoms. The summed E-state index contributed by atoms with van der Waals surface area (Å²) in [6, 6.07) is 8.25. The first-order chi connectivity index (χ1) is 9.13. The van der Waals surface area contributed by atoms with Gasteiger partial charge in [0.25, 0.3) is 0 Å². The van der Waals surface area contributed by atoms with Gasteiger partial charge in [-0.2, -0.15) is 0 Å². The van der Waals surface area contributed by atoms with Crippen LogP contribution in [0.5, 0.6) is 5.75 Å². The number of phenolic OH excluding ortho intramolecular Hbond substituents is 1. The van der Waals surface area contributed by atoms with Crippen molar-refractivity contribution in [3.63, 3.8) is 0 Å². The molecule has 0 aliphatic heterocycles. The molecule has 3 rings (SSSR count). The first kappa shape index (κ1) is 12.0. The molecule has 1 heteroatoms. The van der Waals surface area contributed by atoms with E-state index in [0.29, 0.717) is 5.75 Å². The molecule has 1 nitrogen and oxygen atoms in total. The first-order valence-corrected chi connectivity index (χ1v) is 6.70. The topological polar surface area (TPSA) is 20.2 Å². The van der Waals surface area contributed by atoms with Crippen molar-refractivity contribution in [3.05, 3.63) is 58.7 Å². The average Bonchev–Trinajstić information content (AvgIpc) is 2.42. The minimum atomic E-state index is 0.398. The predicted octanol–water partition coefficient (Wildman–Crippen LogP) is 4.42. The Bertz CT molecular complexity index is 681. The third-order valence-corrected chi connectivity index (χ3v) is 4.24. The van der Waals surface area contributed by atoms with Crippen molar-refractivity contribution in [2.45, 2.75) is 26.7 Å². The minimum Gasteiger partial charge on any atom is -0.508 e. The number of hydrogen-bond donors (Lipinski definition) is 1. The number of phenols is 1. The van der Waals surface area contributed by atoms with Gasteiger partial charge in [0.05, 0.1) is 0 Å². The second-order valence-electron chi connectivity index (χ2n) is 5.27. The fourth-order valence-corrected chi connectivity index (χ4v) is 3.12. The van der Waals surface area contributed by atoms with Crippen LogP contribution in [0.3, 0.4) is 0 Å². The number of benzene rings is 2. The van der Waals surface area contributed by atoms with Gasteiger partial charge in [0.1, 0.15) is 5.75 Å². The van der Waals surface area contributed by atoms with E-state index in [9.17, 15) is 5.11 Å². The Balaban J connectivity index is 2.38. The Morgan fingerprint density at radius 2 is 1.89 bits per heavy atom. The number of rotatable bonds is 1. The lowest BCUT2D eigenvalue weighted by Gasteiger charge is -2.25. The zero-order valence-corrected chi connectivity index (χ0v) is 11.5. The Labute approximate surface area is 114 Å². The number of fused-ring (bicyclic) bond motifs is 3. The second-order valence-corrected chi connectivity index (χ2v) is 5.27. The van der Waals surface area contributed by atoms with Gasteiger partial charge < -0.3 is 5.11 Å². The van der Waals surface area contributed by atoms with E-state index in [0.717, 1.165) is 18.4 Å². The highest BCUT2D eigenvalue weighted by Gasteiger charge is 2.21. The molecule has 0 saturated carbocycles. The summed E-state index contributed by atoms with van der Waals surface area (Å²) in [5.74, 6) is 0.398. The lowest BCUT2D eigenvalue weighted by molar-refractivity contribution is 0.470. The van der Waals surface area contributed by atoms with Gasteiger partial charge in [-0.1, -0.05) is 30.9 Å². The third-order valence-electron chi connectivity index (χ3n) is 4.24. The summed E-state index contributed by atoms with van der Waals surface area (Å²) in [6.07, 6.45) is 3.99. The zero-order chi connectivity index (χ0) is 13.6. The quantitative estimate of drug-likeness (QED) is 0.794. The number of aryl methyl sites for hydroxylation is 2. The SMILES string of the molecule is C=Cc1c(C)ccc2c1-c1ccc(O)c(C)c1CC2. The molecule has 19 heavy (non-hydrogen) atoms. The lowest BCUT2D eigenvalue weighted by atomic mass is 9.80. The van der Waals surface area contributed by atoms with Gasteiger partial charge in [0.15, 0.2) is 0 Å². The lowest BCUT2D eigenvalue weighted by Crippen LogP contribution is -2.08. The molecule has 0 radical (unpaired) electrons. The summed E-state index contributed by atoms with van der Waals surface area (Å²) in [6.45, 7) is 8.09. The standard InChI is InChI=1S/C18H18O/c1-4-14-11(2)5-6-13-7-8-15-12(3)17(19)10-9-16(15)18(13)14/h4-6,9-10,19H,1,7-8H2,2-3H3. The zero-order valence-electron chi connectivity index (χ0n) is 11.5. The molecular weight excluding hydrogens is 232 g/mol. The molecule has 0 heterocycles. The van der Waals surface area contributed by atoms with Crippen LogP contribution < -0.4 is 0 Å². The summed E-state index contributed by atoms with van der Waals surface area (Å²) in [4.78, 5) is 0. The van der Waals surface area contributed by atoms with Crippen LogP contribution in [0.25, 0.3) is 17.2 Å². The summed E-state index contributed by atoms with van der Waals surface area (Å²) >= 11 is 0. The first-order valence-electron chi connectivity index (χ1n) is 6.70. The van der Waals surface area contributed by atoms with Crippen LogP contribution >= 0.6 is 0 Å². The molecule has 2 aromatic rings. The Kier molecular flexibility index (Phi) is 2.70. The molecule has 1 aliphatic rings. The van der Waals surface area contributed by atoms with Crippen LogP contribution in [0.2, 0.25) is 0 Å². The van der Waals surface area contributed by atoms with Crippen molar-refractivity contribution in [2.24, 2.45) is 0 Å². The van der Waals surface area contributed by atoms with Crippen LogP contribution in [0, 0.1) is 13.8 Å². The van der Waals surface area contributed by atoms with Crippen molar-refractivity contribution < 1.29 is 5.11 Å². The van der Waals surface area contributed by atoms with Crippen molar-refractivity contribution in [1.82, 2.24) is 0 Å². The van der Waals surface area contributed by atoms with E-state index in [1.807, 2.05) is 19.1 Å². The van der Waals surface area contributed by atoms with Crippen molar-refractivity contribution >= 4 is 6.08 Å². The Morgan fingerprint density at radius 1 is 1.11 bits per heavy atom. The van der Waals surface area contributed by atoms with Crippen LogP contribution in [-0.2, 0) is 12.8 Å². The number of hydrogen-bond acceptors (Lipinski definition) is 1. The van der Waals surface area contributed by atoms with E-state index in [1.54, 1.807) is 6.07 Å². The molecule has 0 spiro atoms. The summed E-state index contributed by atoms with van der Waals surface area (Å²) in [5, 5.41) is 9.88. The molecule has 0 unspecified atom stereocenters. The van der Waals surface area contributed by atoms with E-state index >= 15 is 0 Å². The molecule has 0 amide bonds. The highest BCUT2D eigenvalue weighted by atomic mass is 16.3. The fourth-order valence-electron chi connectivity index (χ4n) is 3.12. The van der Waals surface area contributed by atoms with Gasteiger partial charge in [-0.3, -0.25) is 0 Å². The van der Waals surface area contributed by atoms with Crippen molar-refractivity contribution in [3.8, 4) is 16.9 Å². The van der Waals surface area contributed by atoms with E-state index in [1.165, 1.54) is 33.4 Å². The molecule has 96 valence electrons. The van der Waals surface area contributed by atoms with Crippen LogP contribution in [0.15, 0.2) is 30.8 Å². The third kappa shape index (κ3) is 1.69. The largest absolute Gasteiger partial charge is 0.508 e. The van der Waals surface area contributed by atoms with Gasteiger partial charge in [-0.15, -0.1) is 0 Å². The van der Waals surface area contributed by atoms with E-state index in [2.05, 4.69) is 25.6 Å². The molecule has 2 aromatic carbocycles. The van der Waals surface area contributed by atoms with Crippen molar-refractivity contribution in [1.29, 1.82) is 0 Å². The normalized spacial score (nSPS) is 12.7. The van der Waals surface area contributed by atoms with Crippen molar-refractivity contribution in [2.75, 3.05) is 0 Å². The maximum atomic E-state index is 9.88. The Hall–Kier alpha value is -2.02.